The Kier molecular flexibility index (Phi) is 9.18. The fraction of sp³-hybridized carbons (Fsp3) is 0.222. The minimum atomic E-state index is -5.08. The summed E-state index contributed by atoms with van der Waals surface area (Å²) in [6, 6.07) is 7.97. The van der Waals surface area contributed by atoms with E-state index < -0.39 is 23.7 Å². The van der Waals surface area contributed by atoms with Crippen LogP contribution in [0.1, 0.15) is 16.1 Å². The van der Waals surface area contributed by atoms with Gasteiger partial charge in [0.05, 0.1) is 5.69 Å². The van der Waals surface area contributed by atoms with Crippen LogP contribution in [0.4, 0.5) is 23.2 Å². The number of nitrogens with one attached hydrogen (secondary N) is 2. The van der Waals surface area contributed by atoms with Gasteiger partial charge in [0.2, 0.25) is 0 Å². The fourth-order valence-electron chi connectivity index (χ4n) is 1.86. The lowest BCUT2D eigenvalue weighted by Gasteiger charge is -2.13. The quantitative estimate of drug-likeness (QED) is 0.458. The number of halogens is 5. The van der Waals surface area contributed by atoms with Crippen molar-refractivity contribution in [2.75, 3.05) is 12.4 Å². The van der Waals surface area contributed by atoms with E-state index in [-0.39, 0.29) is 23.0 Å². The molecule has 1 heterocycles. The number of carbonyl (C=O) groups is 3. The zero-order valence-corrected chi connectivity index (χ0v) is 16.7. The number of hydrogen-bond acceptors (Lipinski definition) is 5. The van der Waals surface area contributed by atoms with Crippen molar-refractivity contribution in [3.05, 3.63) is 47.8 Å². The number of aromatic nitrogens is 1. The van der Waals surface area contributed by atoms with Crippen LogP contribution >= 0.6 is 11.6 Å². The third-order valence-electron chi connectivity index (χ3n) is 3.25. The second kappa shape index (κ2) is 11.1. The van der Waals surface area contributed by atoms with Crippen LogP contribution in [0.5, 0.6) is 11.5 Å². The molecule has 8 nitrogen and oxygen atoms in total. The molecule has 2 aromatic rings. The van der Waals surface area contributed by atoms with Crippen LogP contribution in [-0.2, 0) is 9.59 Å². The van der Waals surface area contributed by atoms with Gasteiger partial charge in [-0.3, -0.25) is 14.6 Å². The van der Waals surface area contributed by atoms with Crippen LogP contribution in [0.2, 0.25) is 0 Å². The Hall–Kier alpha value is -3.41. The molecule has 0 bridgehead atoms. The monoisotopic (exact) mass is 465 g/mol. The highest BCUT2D eigenvalue weighted by Gasteiger charge is 2.38. The average Bonchev–Trinajstić information content (AvgIpc) is 2.69. The van der Waals surface area contributed by atoms with E-state index in [1.807, 2.05) is 6.92 Å². The van der Waals surface area contributed by atoms with E-state index >= 15 is 0 Å². The van der Waals surface area contributed by atoms with E-state index in [0.29, 0.717) is 5.75 Å². The second-order valence-corrected chi connectivity index (χ2v) is 6.03. The van der Waals surface area contributed by atoms with Gasteiger partial charge in [-0.15, -0.1) is 0 Å². The number of carboxylic acids is 1. The third-order valence-corrected chi connectivity index (χ3v) is 3.45. The molecule has 0 fully saturated rings. The van der Waals surface area contributed by atoms with E-state index in [4.69, 9.17) is 26.2 Å². The number of carboxylic acid groups (broad SMARTS) is 1. The number of benzene rings is 1. The van der Waals surface area contributed by atoms with Gasteiger partial charge in [0.1, 0.15) is 11.4 Å². The molecule has 1 unspecified atom stereocenters. The number of alkyl halides is 5. The number of aliphatic carboxylic acids is 1. The highest BCUT2D eigenvalue weighted by Crippen LogP contribution is 2.31. The van der Waals surface area contributed by atoms with Gasteiger partial charge in [0.15, 0.2) is 5.75 Å². The summed E-state index contributed by atoms with van der Waals surface area (Å²) in [5, 5.41) is 11.9. The zero-order valence-electron chi connectivity index (χ0n) is 16.0. The number of hydrogen-bond donors (Lipinski definition) is 3. The Balaban J connectivity index is 0.000000592. The standard InChI is InChI=1S/C16H15ClFN3O3.C2HF3O2/c1-9-3-4-11(21-16(23)14(17)18)13(7-9)24-10-5-6-20-12(8-10)15(22)19-2;3-2(4,5)1(6)7/h3-8,14H,1-2H3,(H,19,22)(H,21,23);(H,6,7). The molecular formula is C18H16ClF4N3O5. The van der Waals surface area contributed by atoms with Crippen molar-refractivity contribution >= 4 is 35.1 Å². The van der Waals surface area contributed by atoms with E-state index in [9.17, 15) is 27.2 Å². The van der Waals surface area contributed by atoms with Crippen molar-refractivity contribution in [2.24, 2.45) is 0 Å². The first kappa shape index (κ1) is 25.6. The minimum absolute atomic E-state index is 0.179. The summed E-state index contributed by atoms with van der Waals surface area (Å²) in [6.45, 7) is 1.83. The molecule has 1 aromatic heterocycles. The van der Waals surface area contributed by atoms with Crippen molar-refractivity contribution in [3.8, 4) is 11.5 Å². The molecule has 1 aromatic carbocycles. The maximum absolute atomic E-state index is 12.9. The maximum atomic E-state index is 12.9. The van der Waals surface area contributed by atoms with Crippen LogP contribution in [0, 0.1) is 6.92 Å². The number of pyridine rings is 1. The molecular weight excluding hydrogens is 450 g/mol. The molecule has 2 amide bonds. The number of ether oxygens (including phenoxy) is 1. The van der Waals surface area contributed by atoms with Crippen molar-refractivity contribution in [2.45, 2.75) is 18.7 Å². The predicted molar refractivity (Wildman–Crippen MR) is 102 cm³/mol. The first-order chi connectivity index (χ1) is 14.3. The van der Waals surface area contributed by atoms with Gasteiger partial charge in [0.25, 0.3) is 17.4 Å². The highest BCUT2D eigenvalue weighted by atomic mass is 35.5. The lowest BCUT2D eigenvalue weighted by atomic mass is 10.2. The Morgan fingerprint density at radius 2 is 1.81 bits per heavy atom. The molecule has 0 aliphatic rings. The van der Waals surface area contributed by atoms with Crippen LogP contribution in [-0.4, -0.2) is 46.7 Å². The summed E-state index contributed by atoms with van der Waals surface area (Å²) in [7, 11) is 1.49. The van der Waals surface area contributed by atoms with Crippen molar-refractivity contribution < 1.29 is 41.8 Å². The van der Waals surface area contributed by atoms with Gasteiger partial charge in [0, 0.05) is 19.3 Å². The normalized spacial score (nSPS) is 11.5. The predicted octanol–water partition coefficient (Wildman–Crippen LogP) is 3.65. The number of carbonyl (C=O) groups excluding carboxylic acids is 2. The molecule has 3 N–H and O–H groups in total. The molecule has 0 spiro atoms. The van der Waals surface area contributed by atoms with Crippen molar-refractivity contribution in [1.29, 1.82) is 0 Å². The molecule has 31 heavy (non-hydrogen) atoms. The summed E-state index contributed by atoms with van der Waals surface area (Å²) in [5.41, 5.74) is -0.865. The maximum Gasteiger partial charge on any atom is 0.490 e. The lowest BCUT2D eigenvalue weighted by Crippen LogP contribution is -2.21. The van der Waals surface area contributed by atoms with Crippen molar-refractivity contribution in [1.82, 2.24) is 10.3 Å². The molecule has 168 valence electrons. The summed E-state index contributed by atoms with van der Waals surface area (Å²) in [5.74, 6) is -3.48. The summed E-state index contributed by atoms with van der Waals surface area (Å²) >= 11 is 5.12. The second-order valence-electron chi connectivity index (χ2n) is 5.65. The van der Waals surface area contributed by atoms with Crippen LogP contribution < -0.4 is 15.4 Å². The van der Waals surface area contributed by atoms with Gasteiger partial charge in [-0.05, 0) is 30.7 Å². The SMILES string of the molecule is CNC(=O)c1cc(Oc2cc(C)ccc2NC(=O)C(F)Cl)ccn1.O=C(O)C(F)(F)F. The summed E-state index contributed by atoms with van der Waals surface area (Å²) in [6.07, 6.45) is -3.66. The zero-order chi connectivity index (χ0) is 23.8. The fourth-order valence-corrected chi connectivity index (χ4v) is 1.91. The Bertz CT molecular complexity index is 954. The molecule has 0 saturated carbocycles. The number of rotatable bonds is 5. The largest absolute Gasteiger partial charge is 0.490 e. The number of aryl methyl sites for hydroxylation is 1. The minimum Gasteiger partial charge on any atom is -0.475 e. The van der Waals surface area contributed by atoms with Gasteiger partial charge >= 0.3 is 12.1 Å². The first-order valence-electron chi connectivity index (χ1n) is 8.21. The average molecular weight is 466 g/mol. The third kappa shape index (κ3) is 8.46. The first-order valence-corrected chi connectivity index (χ1v) is 8.64. The molecule has 0 aliphatic heterocycles. The Labute approximate surface area is 178 Å². The number of nitrogens with zero attached hydrogens (tertiary/aromatic N) is 1. The number of amides is 2. The summed E-state index contributed by atoms with van der Waals surface area (Å²) < 4.78 is 50.3. The van der Waals surface area contributed by atoms with Gasteiger partial charge in [-0.25, -0.2) is 9.18 Å². The number of anilines is 1. The Morgan fingerprint density at radius 1 is 1.19 bits per heavy atom. The van der Waals surface area contributed by atoms with Crippen LogP contribution in [0.3, 0.4) is 0 Å². The molecule has 0 aliphatic carbocycles. The summed E-state index contributed by atoms with van der Waals surface area (Å²) in [4.78, 5) is 35.9. The molecule has 13 heteroatoms. The van der Waals surface area contributed by atoms with E-state index in [0.717, 1.165) is 5.56 Å². The van der Waals surface area contributed by atoms with Crippen molar-refractivity contribution in [3.63, 3.8) is 0 Å². The highest BCUT2D eigenvalue weighted by molar-refractivity contribution is 6.31. The van der Waals surface area contributed by atoms with E-state index in [2.05, 4.69) is 15.6 Å². The van der Waals surface area contributed by atoms with E-state index in [1.54, 1.807) is 24.3 Å². The van der Waals surface area contributed by atoms with E-state index in [1.165, 1.54) is 19.3 Å². The van der Waals surface area contributed by atoms with Crippen LogP contribution in [0.15, 0.2) is 36.5 Å². The lowest BCUT2D eigenvalue weighted by molar-refractivity contribution is -0.192. The molecule has 1 atom stereocenters. The topological polar surface area (TPSA) is 118 Å². The van der Waals surface area contributed by atoms with Gasteiger partial charge in [-0.1, -0.05) is 17.7 Å². The van der Waals surface area contributed by atoms with Gasteiger partial charge in [-0.2, -0.15) is 13.2 Å². The smallest absolute Gasteiger partial charge is 0.475 e. The van der Waals surface area contributed by atoms with Gasteiger partial charge < -0.3 is 20.5 Å². The van der Waals surface area contributed by atoms with Crippen LogP contribution in [0.25, 0.3) is 0 Å². The molecule has 2 rings (SSSR count). The molecule has 0 saturated heterocycles. The Morgan fingerprint density at radius 3 is 2.32 bits per heavy atom. The molecule has 0 radical (unpaired) electrons.